The van der Waals surface area contributed by atoms with Crippen molar-refractivity contribution in [1.82, 2.24) is 0 Å². The van der Waals surface area contributed by atoms with Gasteiger partial charge in [0.1, 0.15) is 5.82 Å². The van der Waals surface area contributed by atoms with E-state index in [0.29, 0.717) is 0 Å². The van der Waals surface area contributed by atoms with Crippen molar-refractivity contribution in [2.24, 2.45) is 0 Å². The lowest BCUT2D eigenvalue weighted by molar-refractivity contribution is 0.151. The highest BCUT2D eigenvalue weighted by Gasteiger charge is 2.05. The number of rotatable bonds is 1. The van der Waals surface area contributed by atoms with Crippen LogP contribution in [0.15, 0.2) is 18.2 Å². The fourth-order valence-electron chi connectivity index (χ4n) is 0.586. The van der Waals surface area contributed by atoms with Crippen LogP contribution in [0.25, 0.3) is 0 Å². The van der Waals surface area contributed by atoms with Gasteiger partial charge in [-0.3, -0.25) is 0 Å². The lowest BCUT2D eigenvalue weighted by atomic mass is 10.2. The molecule has 0 unspecified atom stereocenters. The summed E-state index contributed by atoms with van der Waals surface area (Å²) in [5.74, 6) is -0.683. The lowest BCUT2D eigenvalue weighted by Gasteiger charge is -1.96. The van der Waals surface area contributed by atoms with Gasteiger partial charge in [0.05, 0.1) is 0 Å². The Morgan fingerprint density at radius 3 is 2.40 bits per heavy atom. The highest BCUT2D eigenvalue weighted by Crippen LogP contribution is 2.18. The minimum atomic E-state index is -2.62. The molecule has 3 heteroatoms. The topological polar surface area (TPSA) is 0 Å². The number of hydrogen-bond donors (Lipinski definition) is 0. The maximum Gasteiger partial charge on any atom is 0.263 e. The molecule has 0 N–H and O–H groups in total. The Bertz CT molecular complexity index is 220. The van der Waals surface area contributed by atoms with Crippen LogP contribution in [-0.4, -0.2) is 0 Å². The molecule has 0 aliphatic heterocycles. The molecule has 0 spiro atoms. The highest BCUT2D eigenvalue weighted by molar-refractivity contribution is 5.16. The average Bonchev–Trinajstić information content (AvgIpc) is 1.88. The van der Waals surface area contributed by atoms with Crippen LogP contribution in [-0.2, 0) is 0 Å². The van der Waals surface area contributed by atoms with Crippen LogP contribution >= 0.6 is 0 Å². The summed E-state index contributed by atoms with van der Waals surface area (Å²) < 4.78 is 35.7. The van der Waals surface area contributed by atoms with Gasteiger partial charge in [-0.1, -0.05) is 0 Å². The van der Waals surface area contributed by atoms with Gasteiger partial charge in [-0.05, 0) is 24.3 Å². The summed E-state index contributed by atoms with van der Waals surface area (Å²) in [7, 11) is 0. The Hall–Kier alpha value is -0.990. The van der Waals surface area contributed by atoms with E-state index >= 15 is 0 Å². The van der Waals surface area contributed by atoms with E-state index in [2.05, 4.69) is 6.07 Å². The molecular formula is C7H4F3. The zero-order valence-corrected chi connectivity index (χ0v) is 4.94. The molecule has 1 radical (unpaired) electrons. The third-order valence-corrected chi connectivity index (χ3v) is 1.03. The third kappa shape index (κ3) is 1.50. The van der Waals surface area contributed by atoms with Crippen molar-refractivity contribution in [2.75, 3.05) is 0 Å². The average molecular weight is 145 g/mol. The quantitative estimate of drug-likeness (QED) is 0.569. The van der Waals surface area contributed by atoms with Crippen molar-refractivity contribution in [2.45, 2.75) is 6.43 Å². The fourth-order valence-corrected chi connectivity index (χ4v) is 0.586. The van der Waals surface area contributed by atoms with E-state index in [9.17, 15) is 13.2 Å². The van der Waals surface area contributed by atoms with Crippen LogP contribution in [0.3, 0.4) is 0 Å². The van der Waals surface area contributed by atoms with E-state index in [4.69, 9.17) is 0 Å². The number of hydrogen-bond acceptors (Lipinski definition) is 0. The van der Waals surface area contributed by atoms with Crippen LogP contribution in [0.5, 0.6) is 0 Å². The van der Waals surface area contributed by atoms with Gasteiger partial charge >= 0.3 is 0 Å². The van der Waals surface area contributed by atoms with Gasteiger partial charge in [0.2, 0.25) is 0 Å². The normalized spacial score (nSPS) is 10.4. The van der Waals surface area contributed by atoms with E-state index in [1.807, 2.05) is 0 Å². The molecule has 0 bridgehead atoms. The zero-order chi connectivity index (χ0) is 7.56. The summed E-state index contributed by atoms with van der Waals surface area (Å²) in [4.78, 5) is 0. The molecule has 0 aromatic heterocycles. The first-order chi connectivity index (χ1) is 4.70. The molecule has 0 amide bonds. The van der Waals surface area contributed by atoms with E-state index < -0.39 is 12.2 Å². The standard InChI is InChI=1S/C7H4F3/c8-6-3-1-2-5(4-6)7(9)10/h2-4,7H. The van der Waals surface area contributed by atoms with Crippen molar-refractivity contribution in [3.8, 4) is 0 Å². The molecule has 1 rings (SSSR count). The molecule has 0 aliphatic carbocycles. The molecule has 1 aromatic rings. The van der Waals surface area contributed by atoms with E-state index in [0.717, 1.165) is 18.2 Å². The van der Waals surface area contributed by atoms with Crippen molar-refractivity contribution in [1.29, 1.82) is 0 Å². The van der Waals surface area contributed by atoms with Gasteiger partial charge < -0.3 is 0 Å². The van der Waals surface area contributed by atoms with Gasteiger partial charge in [0, 0.05) is 5.56 Å². The van der Waals surface area contributed by atoms with E-state index in [-0.39, 0.29) is 5.56 Å². The molecule has 0 nitrogen and oxygen atoms in total. The van der Waals surface area contributed by atoms with E-state index in [1.54, 1.807) is 0 Å². The summed E-state index contributed by atoms with van der Waals surface area (Å²) in [6.07, 6.45) is -2.62. The lowest BCUT2D eigenvalue weighted by Crippen LogP contribution is -1.84. The maximum absolute atomic E-state index is 12.2. The highest BCUT2D eigenvalue weighted by atomic mass is 19.3. The molecule has 10 heavy (non-hydrogen) atoms. The third-order valence-electron chi connectivity index (χ3n) is 1.03. The van der Waals surface area contributed by atoms with Crippen LogP contribution in [0.2, 0.25) is 0 Å². The summed E-state index contributed by atoms with van der Waals surface area (Å²) in [6.45, 7) is 0. The Balaban J connectivity index is 2.96. The van der Waals surface area contributed by atoms with Crippen molar-refractivity contribution >= 4 is 0 Å². The van der Waals surface area contributed by atoms with Crippen molar-refractivity contribution < 1.29 is 13.2 Å². The molecule has 0 fully saturated rings. The second kappa shape index (κ2) is 2.73. The SMILES string of the molecule is Fc1c[c]cc(C(F)F)c1. The first-order valence-corrected chi connectivity index (χ1v) is 2.65. The predicted molar refractivity (Wildman–Crippen MR) is 30.2 cm³/mol. The fraction of sp³-hybridized carbons (Fsp3) is 0.143. The summed E-state index contributed by atoms with van der Waals surface area (Å²) >= 11 is 0. The van der Waals surface area contributed by atoms with Crippen LogP contribution in [0.4, 0.5) is 13.2 Å². The second-order valence-corrected chi connectivity index (χ2v) is 1.79. The second-order valence-electron chi connectivity index (χ2n) is 1.79. The predicted octanol–water partition coefficient (Wildman–Crippen LogP) is 2.56. The first-order valence-electron chi connectivity index (χ1n) is 2.65. The minimum absolute atomic E-state index is 0.333. The van der Waals surface area contributed by atoms with Crippen LogP contribution < -0.4 is 0 Å². The van der Waals surface area contributed by atoms with Gasteiger partial charge in [-0.15, -0.1) is 0 Å². The molecule has 0 saturated heterocycles. The summed E-state index contributed by atoms with van der Waals surface area (Å²) in [5.41, 5.74) is -0.333. The molecule has 0 saturated carbocycles. The Morgan fingerprint density at radius 2 is 2.00 bits per heavy atom. The van der Waals surface area contributed by atoms with E-state index in [1.165, 1.54) is 0 Å². The minimum Gasteiger partial charge on any atom is -0.207 e. The molecule has 1 aromatic carbocycles. The maximum atomic E-state index is 12.2. The smallest absolute Gasteiger partial charge is 0.207 e. The number of alkyl halides is 2. The Kier molecular flexibility index (Phi) is 1.94. The van der Waals surface area contributed by atoms with Gasteiger partial charge in [0.15, 0.2) is 0 Å². The van der Waals surface area contributed by atoms with Gasteiger partial charge in [-0.2, -0.15) is 0 Å². The number of benzene rings is 1. The largest absolute Gasteiger partial charge is 0.263 e. The van der Waals surface area contributed by atoms with Crippen molar-refractivity contribution in [3.05, 3.63) is 35.6 Å². The molecule has 53 valence electrons. The zero-order valence-electron chi connectivity index (χ0n) is 4.94. The first kappa shape index (κ1) is 7.12. The molecule has 0 heterocycles. The molecule has 0 aliphatic rings. The summed E-state index contributed by atoms with van der Waals surface area (Å²) in [6, 6.07) is 5.12. The van der Waals surface area contributed by atoms with Gasteiger partial charge in [0.25, 0.3) is 6.43 Å². The molecular weight excluding hydrogens is 141 g/mol. The van der Waals surface area contributed by atoms with Crippen molar-refractivity contribution in [3.63, 3.8) is 0 Å². The Labute approximate surface area is 56.3 Å². The summed E-state index contributed by atoms with van der Waals surface area (Å²) in [5, 5.41) is 0. The number of halogens is 3. The Morgan fingerprint density at radius 1 is 1.30 bits per heavy atom. The van der Waals surface area contributed by atoms with Gasteiger partial charge in [-0.25, -0.2) is 13.2 Å². The molecule has 0 atom stereocenters. The van der Waals surface area contributed by atoms with Crippen LogP contribution in [0, 0.1) is 11.9 Å². The monoisotopic (exact) mass is 145 g/mol. The van der Waals surface area contributed by atoms with Crippen LogP contribution in [0.1, 0.15) is 12.0 Å².